The van der Waals surface area contributed by atoms with E-state index in [1.165, 1.54) is 0 Å². The van der Waals surface area contributed by atoms with Gasteiger partial charge in [-0.3, -0.25) is 9.88 Å². The molecule has 0 aliphatic carbocycles. The van der Waals surface area contributed by atoms with Crippen LogP contribution in [0.15, 0.2) is 36.8 Å². The molecule has 0 unspecified atom stereocenters. The van der Waals surface area contributed by atoms with E-state index in [2.05, 4.69) is 30.5 Å². The molecule has 2 N–H and O–H groups in total. The molecular formula is C16H22N6O. The molecule has 0 atom stereocenters. The van der Waals surface area contributed by atoms with Gasteiger partial charge in [-0.1, -0.05) is 6.07 Å². The minimum atomic E-state index is 0.644. The molecule has 2 aromatic rings. The summed E-state index contributed by atoms with van der Waals surface area (Å²) in [6, 6.07) is 7.78. The van der Waals surface area contributed by atoms with Crippen molar-refractivity contribution in [2.45, 2.75) is 6.54 Å². The smallest absolute Gasteiger partial charge is 0.131 e. The molecule has 0 aromatic carbocycles. The van der Waals surface area contributed by atoms with Crippen LogP contribution >= 0.6 is 0 Å². The van der Waals surface area contributed by atoms with E-state index >= 15 is 0 Å². The number of aromatic nitrogens is 3. The lowest BCUT2D eigenvalue weighted by molar-refractivity contribution is 0.0398. The first-order valence-corrected chi connectivity index (χ1v) is 7.90. The second-order valence-corrected chi connectivity index (χ2v) is 5.34. The molecule has 3 rings (SSSR count). The van der Waals surface area contributed by atoms with Gasteiger partial charge in [-0.2, -0.15) is 0 Å². The number of nitrogens with zero attached hydrogens (tertiary/aromatic N) is 4. The second-order valence-electron chi connectivity index (χ2n) is 5.34. The van der Waals surface area contributed by atoms with Gasteiger partial charge in [0.15, 0.2) is 0 Å². The van der Waals surface area contributed by atoms with Crippen molar-refractivity contribution in [3.63, 3.8) is 0 Å². The van der Waals surface area contributed by atoms with Crippen molar-refractivity contribution in [3.8, 4) is 0 Å². The van der Waals surface area contributed by atoms with Crippen molar-refractivity contribution in [2.24, 2.45) is 0 Å². The minimum Gasteiger partial charge on any atom is -0.379 e. The fraction of sp³-hybridized carbons (Fsp3) is 0.438. The molecular weight excluding hydrogens is 292 g/mol. The Morgan fingerprint density at radius 2 is 1.87 bits per heavy atom. The average molecular weight is 314 g/mol. The van der Waals surface area contributed by atoms with E-state index in [4.69, 9.17) is 4.74 Å². The average Bonchev–Trinajstić information content (AvgIpc) is 2.62. The van der Waals surface area contributed by atoms with E-state index in [0.29, 0.717) is 6.54 Å². The van der Waals surface area contributed by atoms with Crippen molar-refractivity contribution < 1.29 is 4.74 Å². The van der Waals surface area contributed by atoms with E-state index in [0.717, 1.165) is 56.7 Å². The summed E-state index contributed by atoms with van der Waals surface area (Å²) in [7, 11) is 0. The predicted octanol–water partition coefficient (Wildman–Crippen LogP) is 1.23. The summed E-state index contributed by atoms with van der Waals surface area (Å²) in [5.41, 5.74) is 0.980. The lowest BCUT2D eigenvalue weighted by Crippen LogP contribution is -2.39. The SMILES string of the molecule is c1ccc(CNc2cc(NCCN3CCOCC3)ncn2)nc1. The number of nitrogens with one attached hydrogen (secondary N) is 2. The molecule has 122 valence electrons. The third-order valence-electron chi connectivity index (χ3n) is 3.68. The molecule has 7 heteroatoms. The zero-order valence-electron chi connectivity index (χ0n) is 13.1. The van der Waals surface area contributed by atoms with Crippen LogP contribution in [-0.2, 0) is 11.3 Å². The minimum absolute atomic E-state index is 0.644. The van der Waals surface area contributed by atoms with E-state index in [9.17, 15) is 0 Å². The Kier molecular flexibility index (Phi) is 5.71. The third kappa shape index (κ3) is 5.15. The van der Waals surface area contributed by atoms with Gasteiger partial charge in [0, 0.05) is 38.4 Å². The Bertz CT molecular complexity index is 588. The highest BCUT2D eigenvalue weighted by atomic mass is 16.5. The van der Waals surface area contributed by atoms with Crippen LogP contribution in [-0.4, -0.2) is 59.2 Å². The van der Waals surface area contributed by atoms with Crippen LogP contribution in [0.4, 0.5) is 11.6 Å². The van der Waals surface area contributed by atoms with Crippen molar-refractivity contribution in [1.82, 2.24) is 19.9 Å². The zero-order valence-corrected chi connectivity index (χ0v) is 13.1. The molecule has 23 heavy (non-hydrogen) atoms. The molecule has 1 saturated heterocycles. The van der Waals surface area contributed by atoms with Crippen LogP contribution in [0.3, 0.4) is 0 Å². The van der Waals surface area contributed by atoms with E-state index < -0.39 is 0 Å². The number of pyridine rings is 1. The molecule has 0 bridgehead atoms. The fourth-order valence-electron chi connectivity index (χ4n) is 2.40. The molecule has 7 nitrogen and oxygen atoms in total. The predicted molar refractivity (Wildman–Crippen MR) is 89.3 cm³/mol. The number of rotatable bonds is 7. The Balaban J connectivity index is 1.45. The van der Waals surface area contributed by atoms with Crippen LogP contribution in [0.2, 0.25) is 0 Å². The molecule has 2 aromatic heterocycles. The van der Waals surface area contributed by atoms with Gasteiger partial charge < -0.3 is 15.4 Å². The standard InChI is InChI=1S/C16H22N6O/c1-2-4-17-14(3-1)12-19-16-11-15(20-13-21-16)18-5-6-22-7-9-23-10-8-22/h1-4,11,13H,5-10,12H2,(H2,18,19,20,21). The lowest BCUT2D eigenvalue weighted by Gasteiger charge is -2.26. The lowest BCUT2D eigenvalue weighted by atomic mass is 10.3. The summed E-state index contributed by atoms with van der Waals surface area (Å²) in [4.78, 5) is 15.2. The van der Waals surface area contributed by atoms with Crippen LogP contribution < -0.4 is 10.6 Å². The van der Waals surface area contributed by atoms with Crippen LogP contribution in [0.1, 0.15) is 5.69 Å². The maximum atomic E-state index is 5.35. The summed E-state index contributed by atoms with van der Waals surface area (Å²) in [5.74, 6) is 1.62. The van der Waals surface area contributed by atoms with Crippen molar-refractivity contribution in [2.75, 3.05) is 50.0 Å². The highest BCUT2D eigenvalue weighted by molar-refractivity contribution is 5.46. The monoisotopic (exact) mass is 314 g/mol. The van der Waals surface area contributed by atoms with Gasteiger partial charge >= 0.3 is 0 Å². The molecule has 1 aliphatic heterocycles. The Hall–Kier alpha value is -2.25. The van der Waals surface area contributed by atoms with Crippen LogP contribution in [0.5, 0.6) is 0 Å². The molecule has 0 saturated carbocycles. The second kappa shape index (κ2) is 8.40. The van der Waals surface area contributed by atoms with Gasteiger partial charge in [-0.15, -0.1) is 0 Å². The zero-order chi connectivity index (χ0) is 15.7. The van der Waals surface area contributed by atoms with Crippen molar-refractivity contribution in [3.05, 3.63) is 42.5 Å². The first-order valence-electron chi connectivity index (χ1n) is 7.90. The molecule has 0 amide bonds. The summed E-state index contributed by atoms with van der Waals surface area (Å²) >= 11 is 0. The highest BCUT2D eigenvalue weighted by Gasteiger charge is 2.09. The highest BCUT2D eigenvalue weighted by Crippen LogP contribution is 2.09. The van der Waals surface area contributed by atoms with E-state index in [1.54, 1.807) is 12.5 Å². The Morgan fingerprint density at radius 3 is 2.65 bits per heavy atom. The van der Waals surface area contributed by atoms with Gasteiger partial charge in [-0.05, 0) is 12.1 Å². The first kappa shape index (κ1) is 15.6. The molecule has 1 aliphatic rings. The van der Waals surface area contributed by atoms with Gasteiger partial charge in [0.1, 0.15) is 18.0 Å². The summed E-state index contributed by atoms with van der Waals surface area (Å²) in [6.07, 6.45) is 3.35. The summed E-state index contributed by atoms with van der Waals surface area (Å²) in [6.45, 7) is 6.15. The van der Waals surface area contributed by atoms with Crippen LogP contribution in [0.25, 0.3) is 0 Å². The van der Waals surface area contributed by atoms with E-state index in [-0.39, 0.29) is 0 Å². The van der Waals surface area contributed by atoms with E-state index in [1.807, 2.05) is 24.3 Å². The number of ether oxygens (including phenoxy) is 1. The van der Waals surface area contributed by atoms with Gasteiger partial charge in [0.25, 0.3) is 0 Å². The Labute approximate surface area is 136 Å². The normalized spacial score (nSPS) is 15.3. The maximum absolute atomic E-state index is 5.35. The quantitative estimate of drug-likeness (QED) is 0.796. The van der Waals surface area contributed by atoms with Crippen LogP contribution in [0, 0.1) is 0 Å². The molecule has 3 heterocycles. The maximum Gasteiger partial charge on any atom is 0.131 e. The number of hydrogen-bond acceptors (Lipinski definition) is 7. The molecule has 0 spiro atoms. The van der Waals surface area contributed by atoms with Gasteiger partial charge in [0.05, 0.1) is 25.5 Å². The van der Waals surface area contributed by atoms with Gasteiger partial charge in [-0.25, -0.2) is 9.97 Å². The Morgan fingerprint density at radius 1 is 1.04 bits per heavy atom. The largest absolute Gasteiger partial charge is 0.379 e. The number of hydrogen-bond donors (Lipinski definition) is 2. The molecule has 0 radical (unpaired) electrons. The first-order chi connectivity index (χ1) is 11.4. The number of anilines is 2. The topological polar surface area (TPSA) is 75.2 Å². The molecule has 1 fully saturated rings. The fourth-order valence-corrected chi connectivity index (χ4v) is 2.40. The van der Waals surface area contributed by atoms with Crippen molar-refractivity contribution >= 4 is 11.6 Å². The summed E-state index contributed by atoms with van der Waals surface area (Å²) < 4.78 is 5.35. The third-order valence-corrected chi connectivity index (χ3v) is 3.68. The number of morpholine rings is 1. The summed E-state index contributed by atoms with van der Waals surface area (Å²) in [5, 5.41) is 6.60. The van der Waals surface area contributed by atoms with Crippen molar-refractivity contribution in [1.29, 1.82) is 0 Å². The van der Waals surface area contributed by atoms with Gasteiger partial charge in [0.2, 0.25) is 0 Å².